The van der Waals surface area contributed by atoms with Crippen molar-refractivity contribution < 1.29 is 53.4 Å². The fourth-order valence-electron chi connectivity index (χ4n) is 6.85. The maximum absolute atomic E-state index is 14.0. The van der Waals surface area contributed by atoms with Gasteiger partial charge in [0.05, 0.1) is 18.7 Å². The van der Waals surface area contributed by atoms with Gasteiger partial charge < -0.3 is 92.0 Å². The Kier molecular flexibility index (Phi) is 29.1. The number of carbonyl (C=O) groups is 9. The number of nitrogens with two attached hydrogens (primary N) is 6. The van der Waals surface area contributed by atoms with E-state index in [-0.39, 0.29) is 77.1 Å². The average Bonchev–Trinajstić information content (AvgIpc) is 3.81. The molecule has 27 nitrogen and oxygen atoms in total. The third-order valence-electron chi connectivity index (χ3n) is 10.7. The molecular weight excluding hydrogens is 905 g/mol. The van der Waals surface area contributed by atoms with Crippen molar-refractivity contribution in [1.82, 2.24) is 47.4 Å². The highest BCUT2D eigenvalue weighted by Gasteiger charge is 2.39. The number of guanidine groups is 1. The molecule has 1 rings (SSSR count). The molecular formula is C42H74N16O11. The first-order valence-corrected chi connectivity index (χ1v) is 22.8. The van der Waals surface area contributed by atoms with E-state index in [1.165, 1.54) is 17.9 Å². The zero-order valence-corrected chi connectivity index (χ0v) is 39.2. The molecule has 8 amide bonds. The first-order valence-electron chi connectivity index (χ1n) is 22.8. The molecule has 388 valence electrons. The summed E-state index contributed by atoms with van der Waals surface area (Å²) in [4.78, 5) is 120. The summed E-state index contributed by atoms with van der Waals surface area (Å²) in [5.41, 5.74) is 33.0. The number of carboxylic acid groups (broad SMARTS) is 1. The Bertz CT molecular complexity index is 1830. The number of terminal acetylenes is 1. The molecule has 1 aliphatic rings. The monoisotopic (exact) mass is 979 g/mol. The standard InChI is InChI=1S/C42H74N16O11/c1-3-11-26(36(63)54-27(13-5-7-18-44)37(64)56-29(41(68)69)15-9-20-50-42(48)49)55-38(65)30-16-10-21-58(30)40(67)28(14-8-19-45)53-32(60)23-51-34(61)24(2)52-39(66)33(31(59)22-46)57-35(62)25(47)12-4-6-17-43/h1,15,24-28,30-31,33,59H,4-14,16-23,43-47H2,2H3,(H,51,61)(H,52,66)(H,53,60)(H,54,63)(H,55,65)(H,56,64)(H,57,62)(H,68,69)(H4,48,49,50)/b29-15-/t24-,25-,26-,27-,28+,30-,31-,33-/m0/s1. The van der Waals surface area contributed by atoms with Crippen LogP contribution in [0.15, 0.2) is 11.8 Å². The minimum atomic E-state index is -1.56. The Balaban J connectivity index is 3.07. The van der Waals surface area contributed by atoms with Gasteiger partial charge in [0.2, 0.25) is 47.3 Å². The first kappa shape index (κ1) is 60.6. The predicted octanol–water partition coefficient (Wildman–Crippen LogP) is -6.84. The van der Waals surface area contributed by atoms with Crippen molar-refractivity contribution >= 4 is 59.2 Å². The quantitative estimate of drug-likeness (QED) is 0.00955. The zero-order valence-electron chi connectivity index (χ0n) is 39.2. The van der Waals surface area contributed by atoms with Crippen LogP contribution in [0.3, 0.4) is 0 Å². The Morgan fingerprint density at radius 3 is 2.01 bits per heavy atom. The first-order chi connectivity index (χ1) is 32.8. The molecule has 0 radical (unpaired) electrons. The van der Waals surface area contributed by atoms with Gasteiger partial charge in [-0.05, 0) is 90.8 Å². The van der Waals surface area contributed by atoms with Gasteiger partial charge in [0.1, 0.15) is 41.9 Å². The molecule has 1 saturated heterocycles. The minimum absolute atomic E-state index is 0.0403. The number of amides is 8. The lowest BCUT2D eigenvalue weighted by Crippen LogP contribution is -2.60. The summed E-state index contributed by atoms with van der Waals surface area (Å²) in [6.07, 6.45) is 8.12. The number of carbonyl (C=O) groups excluding carboxylic acids is 8. The molecule has 1 heterocycles. The van der Waals surface area contributed by atoms with E-state index in [1.54, 1.807) is 0 Å². The van der Waals surface area contributed by atoms with E-state index >= 15 is 0 Å². The van der Waals surface area contributed by atoms with Gasteiger partial charge in [-0.15, -0.1) is 12.3 Å². The van der Waals surface area contributed by atoms with Crippen LogP contribution in [0.4, 0.5) is 0 Å². The minimum Gasteiger partial charge on any atom is -0.477 e. The number of rotatable bonds is 33. The number of aliphatic carboxylic acids is 1. The normalized spacial score (nSPS) is 16.4. The summed E-state index contributed by atoms with van der Waals surface area (Å²) in [7, 11) is 0. The molecule has 23 N–H and O–H groups in total. The van der Waals surface area contributed by atoms with Crippen molar-refractivity contribution in [3.8, 4) is 12.3 Å². The molecule has 0 aromatic carbocycles. The number of hydrogen-bond acceptors (Lipinski definition) is 16. The van der Waals surface area contributed by atoms with Crippen LogP contribution < -0.4 is 76.9 Å². The predicted molar refractivity (Wildman–Crippen MR) is 252 cm³/mol. The van der Waals surface area contributed by atoms with E-state index in [9.17, 15) is 53.4 Å². The van der Waals surface area contributed by atoms with Gasteiger partial charge >= 0.3 is 5.97 Å². The Morgan fingerprint density at radius 2 is 1.42 bits per heavy atom. The van der Waals surface area contributed by atoms with Crippen LogP contribution in [-0.2, 0) is 43.2 Å². The van der Waals surface area contributed by atoms with E-state index in [0.717, 1.165) is 0 Å². The van der Waals surface area contributed by atoms with Gasteiger partial charge in [0.25, 0.3) is 0 Å². The number of hydrogen-bond donors (Lipinski definition) is 17. The van der Waals surface area contributed by atoms with Gasteiger partial charge in [-0.25, -0.2) is 4.79 Å². The molecule has 0 aromatic rings. The van der Waals surface area contributed by atoms with Gasteiger partial charge in [-0.1, -0.05) is 12.5 Å². The second kappa shape index (κ2) is 33.1. The molecule has 0 aliphatic carbocycles. The van der Waals surface area contributed by atoms with Crippen LogP contribution in [0.5, 0.6) is 0 Å². The number of carboxylic acids is 1. The molecule has 1 fully saturated rings. The molecule has 8 atom stereocenters. The van der Waals surface area contributed by atoms with E-state index in [1.807, 2.05) is 0 Å². The second-order valence-electron chi connectivity index (χ2n) is 16.2. The molecule has 0 unspecified atom stereocenters. The number of aliphatic hydroxyl groups excluding tert-OH is 1. The number of nitrogens with one attached hydrogen (secondary N) is 9. The number of nitrogens with zero attached hydrogens (tertiary/aromatic N) is 1. The maximum Gasteiger partial charge on any atom is 0.352 e. The summed E-state index contributed by atoms with van der Waals surface area (Å²) < 4.78 is 0. The van der Waals surface area contributed by atoms with Crippen LogP contribution in [0.1, 0.15) is 84.0 Å². The molecule has 1 aliphatic heterocycles. The largest absolute Gasteiger partial charge is 0.477 e. The van der Waals surface area contributed by atoms with Crippen LogP contribution in [0.25, 0.3) is 0 Å². The van der Waals surface area contributed by atoms with Crippen molar-refractivity contribution in [2.24, 2.45) is 34.4 Å². The highest BCUT2D eigenvalue weighted by atomic mass is 16.4. The lowest BCUT2D eigenvalue weighted by molar-refractivity contribution is -0.142. The number of unbranched alkanes of at least 4 members (excludes halogenated alkanes) is 2. The molecule has 27 heteroatoms. The summed E-state index contributed by atoms with van der Waals surface area (Å²) in [5, 5.41) is 46.8. The van der Waals surface area contributed by atoms with Crippen molar-refractivity contribution in [2.75, 3.05) is 45.8 Å². The molecule has 0 spiro atoms. The van der Waals surface area contributed by atoms with Gasteiger partial charge in [0, 0.05) is 26.1 Å². The van der Waals surface area contributed by atoms with Crippen LogP contribution in [0.2, 0.25) is 0 Å². The lowest BCUT2D eigenvalue weighted by atomic mass is 10.1. The molecule has 0 saturated carbocycles. The fraction of sp³-hybridized carbons (Fsp3) is 0.667. The van der Waals surface area contributed by atoms with Crippen molar-refractivity contribution in [2.45, 2.75) is 132 Å². The topological polar surface area (TPSA) is 474 Å². The van der Waals surface area contributed by atoms with Crippen LogP contribution >= 0.6 is 0 Å². The third-order valence-corrected chi connectivity index (χ3v) is 10.7. The van der Waals surface area contributed by atoms with Gasteiger partial charge in [0.15, 0.2) is 5.96 Å². The summed E-state index contributed by atoms with van der Waals surface area (Å²) in [5.74, 6) is -5.96. The van der Waals surface area contributed by atoms with Crippen molar-refractivity contribution in [3.05, 3.63) is 11.8 Å². The zero-order chi connectivity index (χ0) is 52.1. The number of aliphatic hydroxyl groups is 1. The second-order valence-corrected chi connectivity index (χ2v) is 16.2. The van der Waals surface area contributed by atoms with Crippen LogP contribution in [-0.4, -0.2) is 169 Å². The lowest BCUT2D eigenvalue weighted by Gasteiger charge is -2.30. The molecule has 0 bridgehead atoms. The van der Waals surface area contributed by atoms with E-state index in [2.05, 4.69) is 48.5 Å². The third kappa shape index (κ3) is 22.5. The highest BCUT2D eigenvalue weighted by Crippen LogP contribution is 2.20. The summed E-state index contributed by atoms with van der Waals surface area (Å²) in [6.45, 7) is 1.23. The summed E-state index contributed by atoms with van der Waals surface area (Å²) in [6, 6.07) is -8.86. The average molecular weight is 979 g/mol. The maximum atomic E-state index is 14.0. The number of likely N-dealkylation sites (tertiary alicyclic amines) is 1. The van der Waals surface area contributed by atoms with Crippen molar-refractivity contribution in [1.29, 1.82) is 5.41 Å². The smallest absolute Gasteiger partial charge is 0.352 e. The van der Waals surface area contributed by atoms with Gasteiger partial charge in [-0.3, -0.25) is 43.8 Å². The van der Waals surface area contributed by atoms with E-state index in [0.29, 0.717) is 38.6 Å². The van der Waals surface area contributed by atoms with E-state index in [4.69, 9.17) is 46.2 Å². The Hall–Kier alpha value is -6.44. The Morgan fingerprint density at radius 1 is 0.783 bits per heavy atom. The fourth-order valence-corrected chi connectivity index (χ4v) is 6.85. The Labute approximate surface area is 401 Å². The molecule has 0 aromatic heterocycles. The summed E-state index contributed by atoms with van der Waals surface area (Å²) >= 11 is 0. The van der Waals surface area contributed by atoms with Crippen molar-refractivity contribution in [3.63, 3.8) is 0 Å². The molecule has 69 heavy (non-hydrogen) atoms. The SMILES string of the molecule is C#CC[C@H](NC(=O)[C@@H]1CCCN1C(=O)[C@@H](CCCN)NC(=O)CNC(=O)[C@H](C)NC(=O)[C@@H](NC(=O)[C@@H](N)CCCCN)[C@@H](O)CN)C(=O)N[C@@H](CCCCN)C(=O)N/C(=C\CCNC(=N)N)C(=O)O. The van der Waals surface area contributed by atoms with Crippen LogP contribution in [0, 0.1) is 17.8 Å². The van der Waals surface area contributed by atoms with Gasteiger partial charge in [-0.2, -0.15) is 0 Å². The van der Waals surface area contributed by atoms with E-state index < -0.39 is 120 Å². The highest BCUT2D eigenvalue weighted by molar-refractivity contribution is 5.99.